The van der Waals surface area contributed by atoms with Crippen molar-refractivity contribution in [3.8, 4) is 0 Å². The molecule has 0 saturated heterocycles. The van der Waals surface area contributed by atoms with Crippen molar-refractivity contribution >= 4 is 27.9 Å². The van der Waals surface area contributed by atoms with E-state index in [1.165, 1.54) is 0 Å². The van der Waals surface area contributed by atoms with E-state index in [4.69, 9.17) is 0 Å². The molecule has 5 nitrogen and oxygen atoms in total. The van der Waals surface area contributed by atoms with Gasteiger partial charge in [-0.1, -0.05) is 41.4 Å². The second kappa shape index (κ2) is 6.12. The minimum atomic E-state index is -0.379. The molecule has 0 spiro atoms. The smallest absolute Gasteiger partial charge is 0.319 e. The number of carbonyl (C=O) groups excluding carboxylic acids is 2. The number of rotatable bonds is 4. The van der Waals surface area contributed by atoms with Crippen molar-refractivity contribution in [3.05, 3.63) is 45.6 Å². The molecule has 3 amide bonds. The zero-order valence-electron chi connectivity index (χ0n) is 12.4. The number of hydrogen-bond acceptors (Lipinski definition) is 2. The van der Waals surface area contributed by atoms with Gasteiger partial charge in [-0.05, 0) is 24.1 Å². The molecule has 0 fully saturated rings. The molecular weight excluding hydrogens is 346 g/mol. The topological polar surface area (TPSA) is 61.4 Å². The molecule has 0 radical (unpaired) electrons. The van der Waals surface area contributed by atoms with Gasteiger partial charge in [-0.2, -0.15) is 0 Å². The zero-order chi connectivity index (χ0) is 15.7. The Labute approximate surface area is 137 Å². The number of unbranched alkanes of at least 4 members (excludes halogenated alkanes) is 1. The Hall–Kier alpha value is -1.82. The van der Waals surface area contributed by atoms with Crippen molar-refractivity contribution in [1.29, 1.82) is 0 Å². The van der Waals surface area contributed by atoms with Gasteiger partial charge in [-0.15, -0.1) is 0 Å². The summed E-state index contributed by atoms with van der Waals surface area (Å²) in [6.07, 6.45) is 2.01. The van der Waals surface area contributed by atoms with Crippen LogP contribution in [-0.2, 0) is 4.79 Å². The van der Waals surface area contributed by atoms with Crippen LogP contribution in [0, 0.1) is 0 Å². The van der Waals surface area contributed by atoms with Crippen LogP contribution in [0.4, 0.5) is 4.79 Å². The third-order valence-corrected chi connectivity index (χ3v) is 4.53. The minimum Gasteiger partial charge on any atom is -0.333 e. The standard InChI is InChI=1S/C16H18BrN3O2/c1-2-3-8-20-9-12-13(15(20)21)14(19-16(22)18-12)10-4-6-11(17)7-5-10/h4-7,14H,2-3,8-9H2,1H3,(H2,18,19,22). The molecule has 116 valence electrons. The number of nitrogens with one attached hydrogen (secondary N) is 2. The molecule has 1 aromatic rings. The van der Waals surface area contributed by atoms with Gasteiger partial charge >= 0.3 is 6.03 Å². The Morgan fingerprint density at radius 1 is 1.27 bits per heavy atom. The second-order valence-electron chi connectivity index (χ2n) is 5.56. The number of amides is 3. The first-order valence-corrected chi connectivity index (χ1v) is 8.24. The minimum absolute atomic E-state index is 0.0175. The van der Waals surface area contributed by atoms with Crippen LogP contribution in [0.5, 0.6) is 0 Å². The SMILES string of the molecule is CCCCN1CC2=C(C1=O)C(c1ccc(Br)cc1)NC(=O)N2. The number of benzene rings is 1. The Kier molecular flexibility index (Phi) is 4.20. The molecule has 0 aromatic heterocycles. The van der Waals surface area contributed by atoms with Crippen molar-refractivity contribution in [2.45, 2.75) is 25.8 Å². The quantitative estimate of drug-likeness (QED) is 0.863. The van der Waals surface area contributed by atoms with E-state index in [1.807, 2.05) is 29.2 Å². The molecule has 3 rings (SSSR count). The van der Waals surface area contributed by atoms with Crippen LogP contribution in [0.15, 0.2) is 40.0 Å². The van der Waals surface area contributed by atoms with Gasteiger partial charge in [0.1, 0.15) is 0 Å². The average Bonchev–Trinajstić information content (AvgIpc) is 2.81. The molecule has 0 aliphatic carbocycles. The van der Waals surface area contributed by atoms with Gasteiger partial charge in [-0.3, -0.25) is 4.79 Å². The van der Waals surface area contributed by atoms with Gasteiger partial charge in [0.15, 0.2) is 0 Å². The van der Waals surface area contributed by atoms with E-state index in [0.717, 1.165) is 35.1 Å². The highest BCUT2D eigenvalue weighted by molar-refractivity contribution is 9.10. The van der Waals surface area contributed by atoms with E-state index < -0.39 is 0 Å². The Morgan fingerprint density at radius 3 is 2.68 bits per heavy atom. The van der Waals surface area contributed by atoms with Crippen LogP contribution in [0.1, 0.15) is 31.4 Å². The Bertz CT molecular complexity index is 639. The van der Waals surface area contributed by atoms with Crippen LogP contribution < -0.4 is 10.6 Å². The summed E-state index contributed by atoms with van der Waals surface area (Å²) >= 11 is 3.40. The first-order valence-electron chi connectivity index (χ1n) is 7.45. The first-order chi connectivity index (χ1) is 10.6. The van der Waals surface area contributed by atoms with E-state index in [2.05, 4.69) is 33.5 Å². The predicted octanol–water partition coefficient (Wildman–Crippen LogP) is 2.70. The monoisotopic (exact) mass is 363 g/mol. The number of halogens is 1. The first kappa shape index (κ1) is 15.1. The molecule has 2 aliphatic rings. The number of urea groups is 1. The summed E-state index contributed by atoms with van der Waals surface area (Å²) < 4.78 is 0.966. The van der Waals surface area contributed by atoms with Crippen molar-refractivity contribution in [1.82, 2.24) is 15.5 Å². The third-order valence-electron chi connectivity index (χ3n) is 4.01. The maximum Gasteiger partial charge on any atom is 0.319 e. The van der Waals surface area contributed by atoms with Crippen molar-refractivity contribution in [3.63, 3.8) is 0 Å². The van der Waals surface area contributed by atoms with Gasteiger partial charge < -0.3 is 15.5 Å². The van der Waals surface area contributed by atoms with Gasteiger partial charge in [0, 0.05) is 11.0 Å². The molecule has 0 bridgehead atoms. The van der Waals surface area contributed by atoms with Gasteiger partial charge in [0.2, 0.25) is 0 Å². The van der Waals surface area contributed by atoms with E-state index in [9.17, 15) is 9.59 Å². The largest absolute Gasteiger partial charge is 0.333 e. The fraction of sp³-hybridized carbons (Fsp3) is 0.375. The normalized spacial score (nSPS) is 20.8. The summed E-state index contributed by atoms with van der Waals surface area (Å²) in [7, 11) is 0. The van der Waals surface area contributed by atoms with E-state index >= 15 is 0 Å². The molecule has 2 heterocycles. The predicted molar refractivity (Wildman–Crippen MR) is 87.1 cm³/mol. The van der Waals surface area contributed by atoms with Gasteiger partial charge in [-0.25, -0.2) is 4.79 Å². The lowest BCUT2D eigenvalue weighted by molar-refractivity contribution is -0.125. The maximum absolute atomic E-state index is 12.7. The van der Waals surface area contributed by atoms with E-state index in [1.54, 1.807) is 0 Å². The molecule has 1 atom stereocenters. The summed E-state index contributed by atoms with van der Waals surface area (Å²) in [5, 5.41) is 5.64. The average molecular weight is 364 g/mol. The molecule has 1 aromatic carbocycles. The summed E-state index contributed by atoms with van der Waals surface area (Å²) in [6.45, 7) is 3.32. The molecule has 2 aliphatic heterocycles. The van der Waals surface area contributed by atoms with Crippen LogP contribution >= 0.6 is 15.9 Å². The highest BCUT2D eigenvalue weighted by Crippen LogP contribution is 2.32. The fourth-order valence-corrected chi connectivity index (χ4v) is 3.13. The summed E-state index contributed by atoms with van der Waals surface area (Å²) in [4.78, 5) is 26.4. The van der Waals surface area contributed by atoms with Crippen molar-refractivity contribution in [2.24, 2.45) is 0 Å². The summed E-state index contributed by atoms with van der Waals surface area (Å²) in [6, 6.07) is 7.04. The number of hydrogen-bond donors (Lipinski definition) is 2. The molecule has 6 heteroatoms. The lowest BCUT2D eigenvalue weighted by Crippen LogP contribution is -2.44. The molecule has 22 heavy (non-hydrogen) atoms. The highest BCUT2D eigenvalue weighted by atomic mass is 79.9. The fourth-order valence-electron chi connectivity index (χ4n) is 2.86. The lowest BCUT2D eigenvalue weighted by Gasteiger charge is -2.25. The van der Waals surface area contributed by atoms with Gasteiger partial charge in [0.25, 0.3) is 5.91 Å². The maximum atomic E-state index is 12.7. The summed E-state index contributed by atoms with van der Waals surface area (Å²) in [5.41, 5.74) is 2.31. The van der Waals surface area contributed by atoms with E-state index in [-0.39, 0.29) is 18.0 Å². The Morgan fingerprint density at radius 2 is 2.00 bits per heavy atom. The molecule has 0 saturated carbocycles. The zero-order valence-corrected chi connectivity index (χ0v) is 13.9. The van der Waals surface area contributed by atoms with Crippen LogP contribution in [0.3, 0.4) is 0 Å². The van der Waals surface area contributed by atoms with Crippen LogP contribution in [-0.4, -0.2) is 29.9 Å². The molecule has 2 N–H and O–H groups in total. The van der Waals surface area contributed by atoms with Crippen molar-refractivity contribution < 1.29 is 9.59 Å². The highest BCUT2D eigenvalue weighted by Gasteiger charge is 2.39. The van der Waals surface area contributed by atoms with Crippen LogP contribution in [0.2, 0.25) is 0 Å². The lowest BCUT2D eigenvalue weighted by atomic mass is 9.96. The third kappa shape index (κ3) is 2.75. The second-order valence-corrected chi connectivity index (χ2v) is 6.47. The Balaban J connectivity index is 1.90. The molecular formula is C16H18BrN3O2. The van der Waals surface area contributed by atoms with E-state index in [0.29, 0.717) is 12.1 Å². The number of carbonyl (C=O) groups is 2. The van der Waals surface area contributed by atoms with Crippen LogP contribution in [0.25, 0.3) is 0 Å². The summed E-state index contributed by atoms with van der Waals surface area (Å²) in [5.74, 6) is 0.0175. The van der Waals surface area contributed by atoms with Crippen molar-refractivity contribution in [2.75, 3.05) is 13.1 Å². The molecule has 1 unspecified atom stereocenters. The number of nitrogens with zero attached hydrogens (tertiary/aromatic N) is 1. The van der Waals surface area contributed by atoms with Gasteiger partial charge in [0.05, 0.1) is 23.9 Å².